The number of anilines is 1. The summed E-state index contributed by atoms with van der Waals surface area (Å²) < 4.78 is 28.0. The quantitative estimate of drug-likeness (QED) is 0.462. The summed E-state index contributed by atoms with van der Waals surface area (Å²) >= 11 is 4.68. The molecule has 0 fully saturated rings. The van der Waals surface area contributed by atoms with Gasteiger partial charge in [0.2, 0.25) is 21.1 Å². The highest BCUT2D eigenvalue weighted by molar-refractivity contribution is 9.10. The first-order valence-corrected chi connectivity index (χ1v) is 12.4. The number of hydrogen-bond donors (Lipinski definition) is 1. The van der Waals surface area contributed by atoms with Crippen molar-refractivity contribution in [3.8, 4) is 10.6 Å². The molecule has 0 atom stereocenters. The molecule has 10 heteroatoms. The third-order valence-corrected chi connectivity index (χ3v) is 7.48. The minimum Gasteiger partial charge on any atom is -0.300 e. The van der Waals surface area contributed by atoms with E-state index >= 15 is 0 Å². The Labute approximate surface area is 188 Å². The van der Waals surface area contributed by atoms with E-state index in [-0.39, 0.29) is 23.8 Å². The van der Waals surface area contributed by atoms with Gasteiger partial charge in [0, 0.05) is 29.5 Å². The number of amides is 1. The third kappa shape index (κ3) is 5.72. The fraction of sp³-hybridized carbons (Fsp3) is 0.250. The lowest BCUT2D eigenvalue weighted by molar-refractivity contribution is -0.116. The first kappa shape index (κ1) is 22.5. The summed E-state index contributed by atoms with van der Waals surface area (Å²) in [7, 11) is -3.64. The van der Waals surface area contributed by atoms with E-state index in [1.54, 1.807) is 30.3 Å². The summed E-state index contributed by atoms with van der Waals surface area (Å²) in [6.07, 6.45) is 0.679. The van der Waals surface area contributed by atoms with E-state index in [1.807, 2.05) is 31.2 Å². The van der Waals surface area contributed by atoms with Crippen LogP contribution in [0.25, 0.3) is 10.6 Å². The molecule has 0 unspecified atom stereocenters. The Kier molecular flexibility index (Phi) is 7.70. The molecule has 0 aliphatic rings. The van der Waals surface area contributed by atoms with E-state index in [1.165, 1.54) is 15.6 Å². The minimum atomic E-state index is -3.64. The lowest BCUT2D eigenvalue weighted by Crippen LogP contribution is -2.34. The fourth-order valence-electron chi connectivity index (χ4n) is 2.76. The first-order valence-electron chi connectivity index (χ1n) is 9.34. The van der Waals surface area contributed by atoms with Gasteiger partial charge in [-0.15, -0.1) is 10.2 Å². The Morgan fingerprint density at radius 1 is 1.10 bits per heavy atom. The van der Waals surface area contributed by atoms with Crippen molar-refractivity contribution in [2.24, 2.45) is 0 Å². The third-order valence-electron chi connectivity index (χ3n) is 4.19. The van der Waals surface area contributed by atoms with Crippen LogP contribution < -0.4 is 5.32 Å². The first-order chi connectivity index (χ1) is 14.4. The highest BCUT2D eigenvalue weighted by Gasteiger charge is 2.24. The molecular weight excluding hydrogens is 488 g/mol. The fourth-order valence-corrected chi connectivity index (χ4v) is 5.47. The van der Waals surface area contributed by atoms with Gasteiger partial charge >= 0.3 is 0 Å². The van der Waals surface area contributed by atoms with Crippen LogP contribution in [-0.4, -0.2) is 41.9 Å². The summed E-state index contributed by atoms with van der Waals surface area (Å²) in [5.74, 6) is -0.309. The van der Waals surface area contributed by atoms with Gasteiger partial charge in [0.25, 0.3) is 0 Å². The van der Waals surface area contributed by atoms with Gasteiger partial charge in [-0.05, 0) is 30.7 Å². The summed E-state index contributed by atoms with van der Waals surface area (Å²) in [6.45, 7) is 2.34. The molecule has 3 aromatic rings. The van der Waals surface area contributed by atoms with Crippen LogP contribution in [0, 0.1) is 0 Å². The second kappa shape index (κ2) is 10.3. The lowest BCUT2D eigenvalue weighted by Gasteiger charge is -2.21. The van der Waals surface area contributed by atoms with Crippen molar-refractivity contribution in [1.82, 2.24) is 14.5 Å². The average Bonchev–Trinajstić information content (AvgIpc) is 3.20. The molecule has 1 aromatic heterocycles. The van der Waals surface area contributed by atoms with Gasteiger partial charge < -0.3 is 5.32 Å². The molecule has 30 heavy (non-hydrogen) atoms. The van der Waals surface area contributed by atoms with Crippen LogP contribution in [0.5, 0.6) is 0 Å². The van der Waals surface area contributed by atoms with Crippen LogP contribution in [0.3, 0.4) is 0 Å². The molecule has 0 saturated heterocycles. The van der Waals surface area contributed by atoms with Crippen molar-refractivity contribution in [3.05, 3.63) is 59.1 Å². The van der Waals surface area contributed by atoms with Crippen molar-refractivity contribution < 1.29 is 13.2 Å². The highest BCUT2D eigenvalue weighted by atomic mass is 79.9. The Bertz CT molecular complexity index is 1100. The minimum absolute atomic E-state index is 0.0257. The Balaban J connectivity index is 1.63. The lowest BCUT2D eigenvalue weighted by atomic mass is 10.2. The SMILES string of the molecule is CCCN(CCC(=O)Nc1nnc(-c2cccc(Br)c2)s1)S(=O)(=O)c1ccccc1. The van der Waals surface area contributed by atoms with Crippen molar-refractivity contribution in [2.75, 3.05) is 18.4 Å². The number of nitrogens with one attached hydrogen (secondary N) is 1. The molecule has 0 aliphatic carbocycles. The van der Waals surface area contributed by atoms with Crippen LogP contribution in [0.4, 0.5) is 5.13 Å². The van der Waals surface area contributed by atoms with Gasteiger partial charge in [-0.25, -0.2) is 8.42 Å². The number of sulfonamides is 1. The van der Waals surface area contributed by atoms with E-state index in [9.17, 15) is 13.2 Å². The van der Waals surface area contributed by atoms with Gasteiger partial charge in [0.1, 0.15) is 5.01 Å². The highest BCUT2D eigenvalue weighted by Crippen LogP contribution is 2.28. The van der Waals surface area contributed by atoms with E-state index in [0.29, 0.717) is 23.1 Å². The number of benzene rings is 2. The number of nitrogens with zero attached hydrogens (tertiary/aromatic N) is 3. The number of halogens is 1. The summed E-state index contributed by atoms with van der Waals surface area (Å²) in [5.41, 5.74) is 0.894. The Morgan fingerprint density at radius 2 is 1.87 bits per heavy atom. The molecule has 158 valence electrons. The molecular formula is C20H21BrN4O3S2. The summed E-state index contributed by atoms with van der Waals surface area (Å²) in [4.78, 5) is 12.6. The standard InChI is InChI=1S/C20H21BrN4O3S2/c1-2-12-25(30(27,28)17-9-4-3-5-10-17)13-11-18(26)22-20-24-23-19(29-20)15-7-6-8-16(21)14-15/h3-10,14H,2,11-13H2,1H3,(H,22,24,26). The molecule has 0 aliphatic heterocycles. The number of carbonyl (C=O) groups is 1. The number of hydrogen-bond acceptors (Lipinski definition) is 6. The molecule has 1 N–H and O–H groups in total. The second-order valence-electron chi connectivity index (χ2n) is 6.44. The predicted molar refractivity (Wildman–Crippen MR) is 122 cm³/mol. The monoisotopic (exact) mass is 508 g/mol. The van der Waals surface area contributed by atoms with Crippen molar-refractivity contribution in [2.45, 2.75) is 24.7 Å². The van der Waals surface area contributed by atoms with Crippen LogP contribution in [0.2, 0.25) is 0 Å². The van der Waals surface area contributed by atoms with Gasteiger partial charge in [0.15, 0.2) is 0 Å². The van der Waals surface area contributed by atoms with E-state index in [2.05, 4.69) is 31.4 Å². The molecule has 0 spiro atoms. The summed E-state index contributed by atoms with van der Waals surface area (Å²) in [6, 6.07) is 15.9. The normalized spacial score (nSPS) is 11.6. The largest absolute Gasteiger partial charge is 0.300 e. The maximum Gasteiger partial charge on any atom is 0.243 e. The van der Waals surface area contributed by atoms with Crippen LogP contribution in [0.1, 0.15) is 19.8 Å². The topological polar surface area (TPSA) is 92.3 Å². The Hall–Kier alpha value is -2.14. The molecule has 1 heterocycles. The number of aromatic nitrogens is 2. The van der Waals surface area contributed by atoms with Crippen molar-refractivity contribution in [3.63, 3.8) is 0 Å². The van der Waals surface area contributed by atoms with Crippen LogP contribution in [-0.2, 0) is 14.8 Å². The average molecular weight is 509 g/mol. The van der Waals surface area contributed by atoms with Crippen LogP contribution in [0.15, 0.2) is 64.0 Å². The maximum atomic E-state index is 12.9. The maximum absolute atomic E-state index is 12.9. The molecule has 7 nitrogen and oxygen atoms in total. The van der Waals surface area contributed by atoms with E-state index in [0.717, 1.165) is 10.0 Å². The van der Waals surface area contributed by atoms with Crippen molar-refractivity contribution in [1.29, 1.82) is 0 Å². The molecule has 1 amide bonds. The number of carbonyl (C=O) groups excluding carboxylic acids is 1. The zero-order valence-corrected chi connectivity index (χ0v) is 19.5. The molecule has 3 rings (SSSR count). The van der Waals surface area contributed by atoms with Crippen molar-refractivity contribution >= 4 is 48.3 Å². The molecule has 0 bridgehead atoms. The Morgan fingerprint density at radius 3 is 2.57 bits per heavy atom. The zero-order chi connectivity index (χ0) is 21.6. The van der Waals surface area contributed by atoms with E-state index < -0.39 is 10.0 Å². The predicted octanol–water partition coefficient (Wildman–Crippen LogP) is 4.40. The smallest absolute Gasteiger partial charge is 0.243 e. The second-order valence-corrected chi connectivity index (χ2v) is 10.3. The molecule has 2 aromatic carbocycles. The van der Waals surface area contributed by atoms with Gasteiger partial charge in [-0.3, -0.25) is 4.79 Å². The van der Waals surface area contributed by atoms with Gasteiger partial charge in [-0.2, -0.15) is 4.31 Å². The molecule has 0 saturated carbocycles. The zero-order valence-electron chi connectivity index (χ0n) is 16.3. The number of rotatable bonds is 9. The summed E-state index contributed by atoms with van der Waals surface area (Å²) in [5, 5.41) is 11.9. The van der Waals surface area contributed by atoms with Crippen LogP contribution >= 0.6 is 27.3 Å². The van der Waals surface area contributed by atoms with Gasteiger partial charge in [0.05, 0.1) is 4.90 Å². The van der Waals surface area contributed by atoms with Gasteiger partial charge in [-0.1, -0.05) is 64.5 Å². The molecule has 0 radical (unpaired) electrons. The van der Waals surface area contributed by atoms with E-state index in [4.69, 9.17) is 0 Å².